The van der Waals surface area contributed by atoms with Crippen molar-refractivity contribution < 1.29 is 35.0 Å². The van der Waals surface area contributed by atoms with Crippen LogP contribution in [0.1, 0.15) is 36.2 Å². The number of aromatic nitrogens is 1. The summed E-state index contributed by atoms with van der Waals surface area (Å²) in [7, 11) is -9.59. The first kappa shape index (κ1) is 33.0. The Morgan fingerprint density at radius 2 is 1.68 bits per heavy atom. The molecule has 0 radical (unpaired) electrons. The van der Waals surface area contributed by atoms with Crippen LogP contribution in [0.3, 0.4) is 0 Å². The zero-order chi connectivity index (χ0) is 30.6. The van der Waals surface area contributed by atoms with Crippen molar-refractivity contribution in [1.82, 2.24) is 5.16 Å². The van der Waals surface area contributed by atoms with Crippen molar-refractivity contribution in [3.8, 4) is 11.1 Å². The van der Waals surface area contributed by atoms with Crippen molar-refractivity contribution >= 4 is 34.1 Å². The fourth-order valence-corrected chi connectivity index (χ4v) is 6.30. The number of nitrogens with zero attached hydrogens (tertiary/aromatic N) is 2. The fraction of sp³-hybridized carbons (Fsp3) is 0.464. The monoisotopic (exact) mass is 624 g/mol. The van der Waals surface area contributed by atoms with Crippen LogP contribution in [0.15, 0.2) is 51.9 Å². The van der Waals surface area contributed by atoms with Gasteiger partial charge in [-0.1, -0.05) is 61.2 Å². The van der Waals surface area contributed by atoms with E-state index < -0.39 is 28.2 Å². The Bertz CT molecular complexity index is 1560. The summed E-state index contributed by atoms with van der Waals surface area (Å²) < 4.78 is 75.3. The summed E-state index contributed by atoms with van der Waals surface area (Å²) in [5.74, 6) is 0.0999. The molecule has 3 rings (SSSR count). The molecule has 0 aliphatic heterocycles. The number of hydrogen-bond acceptors (Lipinski definition) is 9. The molecule has 0 fully saturated rings. The minimum atomic E-state index is -4.22. The van der Waals surface area contributed by atoms with Crippen LogP contribution in [0.2, 0.25) is 19.6 Å². The van der Waals surface area contributed by atoms with Gasteiger partial charge in [-0.05, 0) is 50.5 Å². The lowest BCUT2D eigenvalue weighted by Crippen LogP contribution is -2.42. The Morgan fingerprint density at radius 1 is 1.00 bits per heavy atom. The molecule has 3 aromatic rings. The lowest BCUT2D eigenvalue weighted by Gasteiger charge is -2.29. The number of rotatable bonds is 14. The number of ether oxygens (including phenoxy) is 2. The molecule has 2 aromatic carbocycles. The molecule has 10 nitrogen and oxygen atoms in total. The number of benzene rings is 2. The fourth-order valence-electron chi connectivity index (χ4n) is 3.84. The van der Waals surface area contributed by atoms with Gasteiger partial charge in [0, 0.05) is 23.5 Å². The second-order valence-electron chi connectivity index (χ2n) is 10.9. The van der Waals surface area contributed by atoms with E-state index in [0.29, 0.717) is 40.1 Å². The zero-order valence-corrected chi connectivity index (χ0v) is 27.6. The van der Waals surface area contributed by atoms with Gasteiger partial charge >= 0.3 is 0 Å². The molecule has 0 aliphatic carbocycles. The third-order valence-corrected chi connectivity index (χ3v) is 11.8. The highest BCUT2D eigenvalue weighted by atomic mass is 32.2. The maximum atomic E-state index is 14.4. The van der Waals surface area contributed by atoms with Gasteiger partial charge in [0.2, 0.25) is 5.88 Å². The predicted octanol–water partition coefficient (Wildman–Crippen LogP) is 5.41. The van der Waals surface area contributed by atoms with Gasteiger partial charge < -0.3 is 14.0 Å². The highest BCUT2D eigenvalue weighted by Gasteiger charge is 2.34. The van der Waals surface area contributed by atoms with Crippen LogP contribution in [0.25, 0.3) is 11.1 Å². The minimum absolute atomic E-state index is 0.0515. The molecular formula is C28H40N2O8S2Si. The molecule has 0 saturated carbocycles. The maximum Gasteiger partial charge on any atom is 0.269 e. The van der Waals surface area contributed by atoms with E-state index in [1.54, 1.807) is 56.3 Å². The van der Waals surface area contributed by atoms with Gasteiger partial charge in [0.15, 0.2) is 0 Å². The van der Waals surface area contributed by atoms with Gasteiger partial charge in [-0.15, -0.1) is 0 Å². The third-order valence-electron chi connectivity index (χ3n) is 6.84. The van der Waals surface area contributed by atoms with Gasteiger partial charge in [0.25, 0.3) is 20.1 Å². The molecule has 0 bridgehead atoms. The topological polar surface area (TPSA) is 125 Å². The van der Waals surface area contributed by atoms with Gasteiger partial charge in [0.1, 0.15) is 6.73 Å². The molecule has 1 atom stereocenters. The van der Waals surface area contributed by atoms with Crippen molar-refractivity contribution in [2.75, 3.05) is 23.9 Å². The third kappa shape index (κ3) is 8.27. The SMILES string of the molecule is CCOCc1cc(COS(C)(=O)=O)ccc1-c1ccccc1S(=O)(=O)N(COC(C)[Si](C)(C)C)c1onc(C)c1C. The van der Waals surface area contributed by atoms with E-state index in [4.69, 9.17) is 18.2 Å². The Kier molecular flexibility index (Phi) is 10.6. The largest absolute Gasteiger partial charge is 0.377 e. The molecule has 0 N–H and O–H groups in total. The quantitative estimate of drug-likeness (QED) is 0.132. The van der Waals surface area contributed by atoms with Crippen LogP contribution >= 0.6 is 0 Å². The van der Waals surface area contributed by atoms with Crippen LogP contribution in [-0.4, -0.2) is 55.4 Å². The highest BCUT2D eigenvalue weighted by Crippen LogP contribution is 2.36. The molecule has 41 heavy (non-hydrogen) atoms. The zero-order valence-electron chi connectivity index (χ0n) is 24.9. The standard InChI is InChI=1S/C28H40N2O8S2Si/c1-9-35-18-24-16-23(17-37-39(5,31)32)14-15-25(24)26-12-10-11-13-27(26)40(33,34)30(19-36-22(4)41(6,7)8)28-20(2)21(3)29-38-28/h10-16,22H,9,17-19H2,1-8H3. The van der Waals surface area contributed by atoms with Crippen molar-refractivity contribution in [2.45, 2.75) is 71.2 Å². The smallest absolute Gasteiger partial charge is 0.269 e. The van der Waals surface area contributed by atoms with E-state index >= 15 is 0 Å². The van der Waals surface area contributed by atoms with Crippen LogP contribution in [0.4, 0.5) is 5.88 Å². The first-order chi connectivity index (χ1) is 19.1. The first-order valence-electron chi connectivity index (χ1n) is 13.3. The summed E-state index contributed by atoms with van der Waals surface area (Å²) in [6.45, 7) is 14.0. The molecule has 13 heteroatoms. The van der Waals surface area contributed by atoms with E-state index in [2.05, 4.69) is 24.8 Å². The maximum absolute atomic E-state index is 14.4. The average Bonchev–Trinajstić information content (AvgIpc) is 3.22. The summed E-state index contributed by atoms with van der Waals surface area (Å²) in [6, 6.07) is 11.9. The first-order valence-corrected chi connectivity index (χ1v) is 20.1. The Hall–Kier alpha value is -2.55. The molecule has 0 aliphatic rings. The summed E-state index contributed by atoms with van der Waals surface area (Å²) in [5, 5.41) is 3.99. The lowest BCUT2D eigenvalue weighted by atomic mass is 9.98. The Labute approximate surface area is 244 Å². The van der Waals surface area contributed by atoms with E-state index in [9.17, 15) is 16.8 Å². The second-order valence-corrected chi connectivity index (χ2v) is 20.0. The normalized spacial score (nSPS) is 13.4. The average molecular weight is 625 g/mol. The molecule has 0 saturated heterocycles. The predicted molar refractivity (Wildman–Crippen MR) is 161 cm³/mol. The molecule has 1 unspecified atom stereocenters. The summed E-state index contributed by atoms with van der Waals surface area (Å²) in [5.41, 5.74) is 3.43. The van der Waals surface area contributed by atoms with E-state index in [1.807, 2.05) is 13.8 Å². The highest BCUT2D eigenvalue weighted by molar-refractivity contribution is 7.93. The lowest BCUT2D eigenvalue weighted by molar-refractivity contribution is 0.117. The molecule has 0 amide bonds. The molecule has 1 aromatic heterocycles. The summed E-state index contributed by atoms with van der Waals surface area (Å²) in [6.07, 6.45) is 0.987. The second kappa shape index (κ2) is 13.2. The van der Waals surface area contributed by atoms with Crippen molar-refractivity contribution in [3.05, 3.63) is 64.8 Å². The number of sulfonamides is 1. The minimum Gasteiger partial charge on any atom is -0.377 e. The number of anilines is 1. The van der Waals surface area contributed by atoms with Crippen LogP contribution in [-0.2, 0) is 47.0 Å². The Morgan fingerprint density at radius 3 is 2.27 bits per heavy atom. The van der Waals surface area contributed by atoms with Crippen molar-refractivity contribution in [2.24, 2.45) is 0 Å². The molecular weight excluding hydrogens is 585 g/mol. The van der Waals surface area contributed by atoms with Crippen LogP contribution in [0.5, 0.6) is 0 Å². The van der Waals surface area contributed by atoms with Crippen molar-refractivity contribution in [3.63, 3.8) is 0 Å². The number of aryl methyl sites for hydroxylation is 1. The molecule has 0 spiro atoms. The van der Waals surface area contributed by atoms with Crippen LogP contribution < -0.4 is 4.31 Å². The Balaban J connectivity index is 2.14. The van der Waals surface area contributed by atoms with E-state index in [0.717, 1.165) is 10.6 Å². The van der Waals surface area contributed by atoms with Crippen molar-refractivity contribution in [1.29, 1.82) is 0 Å². The van der Waals surface area contributed by atoms with E-state index in [1.165, 1.54) is 0 Å². The molecule has 226 valence electrons. The summed E-state index contributed by atoms with van der Waals surface area (Å²) >= 11 is 0. The van der Waals surface area contributed by atoms with Gasteiger partial charge in [-0.3, -0.25) is 4.18 Å². The summed E-state index contributed by atoms with van der Waals surface area (Å²) in [4.78, 5) is 0.0515. The van der Waals surface area contributed by atoms with Gasteiger partial charge in [-0.2, -0.15) is 8.42 Å². The number of hydrogen-bond donors (Lipinski definition) is 0. The van der Waals surface area contributed by atoms with Gasteiger partial charge in [0.05, 0.1) is 38.1 Å². The van der Waals surface area contributed by atoms with Gasteiger partial charge in [-0.25, -0.2) is 12.7 Å². The molecule has 1 heterocycles. The van der Waals surface area contributed by atoms with Crippen LogP contribution in [0, 0.1) is 13.8 Å². The van der Waals surface area contributed by atoms with E-state index in [-0.39, 0.29) is 36.5 Å².